The number of carbonyl (C=O) groups is 1. The Labute approximate surface area is 186 Å². The molecule has 0 unspecified atom stereocenters. The van der Waals surface area contributed by atoms with Crippen molar-refractivity contribution in [2.24, 2.45) is 5.92 Å². The number of hydrogen-bond donors (Lipinski definition) is 1. The number of nitrogens with one attached hydrogen (secondary N) is 1. The van der Waals surface area contributed by atoms with Gasteiger partial charge in [0.15, 0.2) is 0 Å². The largest absolute Gasteiger partial charge is 0.355 e. The van der Waals surface area contributed by atoms with Gasteiger partial charge in [-0.05, 0) is 81.6 Å². The number of anilines is 1. The van der Waals surface area contributed by atoms with Gasteiger partial charge in [-0.3, -0.25) is 9.10 Å². The molecular formula is C24H33N3O3S. The molecule has 0 bridgehead atoms. The predicted octanol–water partition coefficient (Wildman–Crippen LogP) is 3.29. The van der Waals surface area contributed by atoms with E-state index in [4.69, 9.17) is 0 Å². The minimum atomic E-state index is -3.85. The lowest BCUT2D eigenvalue weighted by atomic mass is 9.94. The zero-order valence-electron chi connectivity index (χ0n) is 18.5. The Morgan fingerprint density at radius 2 is 1.71 bits per heavy atom. The van der Waals surface area contributed by atoms with Crippen molar-refractivity contribution >= 4 is 21.6 Å². The molecule has 1 heterocycles. The van der Waals surface area contributed by atoms with Crippen molar-refractivity contribution in [3.05, 3.63) is 60.2 Å². The molecule has 0 radical (unpaired) electrons. The summed E-state index contributed by atoms with van der Waals surface area (Å²) in [7, 11) is -1.72. The number of rotatable bonds is 9. The lowest BCUT2D eigenvalue weighted by Gasteiger charge is -2.29. The van der Waals surface area contributed by atoms with Crippen LogP contribution < -0.4 is 9.62 Å². The van der Waals surface area contributed by atoms with Gasteiger partial charge in [0.05, 0.1) is 10.6 Å². The minimum Gasteiger partial charge on any atom is -0.355 e. The van der Waals surface area contributed by atoms with E-state index in [9.17, 15) is 13.2 Å². The van der Waals surface area contributed by atoms with Crippen molar-refractivity contribution in [2.75, 3.05) is 37.5 Å². The molecule has 2 aromatic rings. The van der Waals surface area contributed by atoms with Crippen LogP contribution in [0.5, 0.6) is 0 Å². The van der Waals surface area contributed by atoms with E-state index in [2.05, 4.69) is 17.3 Å². The number of carbonyl (C=O) groups excluding carboxylic acids is 1. The number of sulfonamides is 1. The lowest BCUT2D eigenvalue weighted by molar-refractivity contribution is -0.119. The van der Waals surface area contributed by atoms with Gasteiger partial charge in [0.25, 0.3) is 10.0 Å². The van der Waals surface area contributed by atoms with Gasteiger partial charge < -0.3 is 10.2 Å². The highest BCUT2D eigenvalue weighted by atomic mass is 32.2. The molecule has 0 saturated carbocycles. The SMILES string of the molecule is CCc1ccc(N(CC(=O)NCCC2CCN(C)CC2)S(=O)(=O)c2ccccc2)cc1. The molecule has 1 saturated heterocycles. The standard InChI is InChI=1S/C24H33N3O3S/c1-3-20-9-11-22(12-10-20)27(31(29,30)23-7-5-4-6-8-23)19-24(28)25-16-13-21-14-17-26(2)18-15-21/h4-12,21H,3,13-19H2,1-2H3,(H,25,28). The Hall–Kier alpha value is -2.38. The molecule has 1 amide bonds. The number of likely N-dealkylation sites (tertiary alicyclic amines) is 1. The maximum Gasteiger partial charge on any atom is 0.264 e. The van der Waals surface area contributed by atoms with Crippen molar-refractivity contribution < 1.29 is 13.2 Å². The van der Waals surface area contributed by atoms with Crippen LogP contribution in [0.25, 0.3) is 0 Å². The number of benzene rings is 2. The summed E-state index contributed by atoms with van der Waals surface area (Å²) >= 11 is 0. The van der Waals surface area contributed by atoms with Crippen molar-refractivity contribution in [3.63, 3.8) is 0 Å². The molecule has 3 rings (SSSR count). The van der Waals surface area contributed by atoms with Gasteiger partial charge in [0, 0.05) is 6.54 Å². The highest BCUT2D eigenvalue weighted by Gasteiger charge is 2.27. The molecule has 1 aliphatic heterocycles. The van der Waals surface area contributed by atoms with Gasteiger partial charge >= 0.3 is 0 Å². The van der Waals surface area contributed by atoms with E-state index in [1.54, 1.807) is 42.5 Å². The molecule has 0 spiro atoms. The molecule has 1 aliphatic rings. The van der Waals surface area contributed by atoms with Crippen LogP contribution in [-0.4, -0.2) is 52.5 Å². The van der Waals surface area contributed by atoms with E-state index in [1.807, 2.05) is 19.1 Å². The quantitative estimate of drug-likeness (QED) is 0.646. The van der Waals surface area contributed by atoms with Gasteiger partial charge in [-0.15, -0.1) is 0 Å². The summed E-state index contributed by atoms with van der Waals surface area (Å²) in [6.45, 7) is 4.56. The van der Waals surface area contributed by atoms with Crippen LogP contribution in [-0.2, 0) is 21.2 Å². The van der Waals surface area contributed by atoms with Crippen LogP contribution in [0.2, 0.25) is 0 Å². The van der Waals surface area contributed by atoms with E-state index in [0.29, 0.717) is 18.2 Å². The van der Waals surface area contributed by atoms with Gasteiger partial charge in [-0.25, -0.2) is 8.42 Å². The second kappa shape index (κ2) is 10.8. The highest BCUT2D eigenvalue weighted by molar-refractivity contribution is 7.92. The van der Waals surface area contributed by atoms with Crippen LogP contribution in [0.1, 0.15) is 31.7 Å². The third-order valence-electron chi connectivity index (χ3n) is 5.96. The third-order valence-corrected chi connectivity index (χ3v) is 7.75. The average Bonchev–Trinajstić information content (AvgIpc) is 2.79. The first-order valence-corrected chi connectivity index (χ1v) is 12.5. The average molecular weight is 444 g/mol. The first-order chi connectivity index (χ1) is 14.9. The van der Waals surface area contributed by atoms with Crippen molar-refractivity contribution in [1.82, 2.24) is 10.2 Å². The zero-order valence-corrected chi connectivity index (χ0v) is 19.3. The Bertz CT molecular complexity index is 938. The molecule has 0 atom stereocenters. The van der Waals surface area contributed by atoms with Gasteiger partial charge in [0.1, 0.15) is 6.54 Å². The highest BCUT2D eigenvalue weighted by Crippen LogP contribution is 2.24. The number of piperidine rings is 1. The van der Waals surface area contributed by atoms with Crippen LogP contribution >= 0.6 is 0 Å². The number of amides is 1. The monoisotopic (exact) mass is 443 g/mol. The molecule has 168 valence electrons. The number of nitrogens with zero attached hydrogens (tertiary/aromatic N) is 2. The minimum absolute atomic E-state index is 0.175. The summed E-state index contributed by atoms with van der Waals surface area (Å²) in [4.78, 5) is 15.2. The molecule has 2 aromatic carbocycles. The maximum atomic E-state index is 13.3. The number of aryl methyl sites for hydroxylation is 1. The molecule has 7 heteroatoms. The smallest absolute Gasteiger partial charge is 0.264 e. The Kier molecular flexibility index (Phi) is 8.09. The molecule has 0 aromatic heterocycles. The van der Waals surface area contributed by atoms with Crippen LogP contribution in [0, 0.1) is 5.92 Å². The second-order valence-electron chi connectivity index (χ2n) is 8.23. The lowest BCUT2D eigenvalue weighted by Crippen LogP contribution is -2.41. The van der Waals surface area contributed by atoms with E-state index in [0.717, 1.165) is 44.3 Å². The van der Waals surface area contributed by atoms with Gasteiger partial charge in [0.2, 0.25) is 5.91 Å². The molecule has 31 heavy (non-hydrogen) atoms. The van der Waals surface area contributed by atoms with Crippen LogP contribution in [0.3, 0.4) is 0 Å². The predicted molar refractivity (Wildman–Crippen MR) is 125 cm³/mol. The molecule has 1 N–H and O–H groups in total. The molecule has 1 fully saturated rings. The normalized spacial score (nSPS) is 15.5. The van der Waals surface area contributed by atoms with Crippen molar-refractivity contribution in [1.29, 1.82) is 0 Å². The van der Waals surface area contributed by atoms with E-state index in [-0.39, 0.29) is 17.3 Å². The summed E-state index contributed by atoms with van der Waals surface area (Å²) in [5.74, 6) is 0.328. The number of hydrogen-bond acceptors (Lipinski definition) is 4. The third kappa shape index (κ3) is 6.31. The Morgan fingerprint density at radius 1 is 1.06 bits per heavy atom. The summed E-state index contributed by atoms with van der Waals surface area (Å²) in [6.07, 6.45) is 4.08. The van der Waals surface area contributed by atoms with Crippen molar-refractivity contribution in [3.8, 4) is 0 Å². The fourth-order valence-corrected chi connectivity index (χ4v) is 5.33. The van der Waals surface area contributed by atoms with E-state index in [1.165, 1.54) is 4.31 Å². The van der Waals surface area contributed by atoms with Crippen molar-refractivity contribution in [2.45, 2.75) is 37.5 Å². The van der Waals surface area contributed by atoms with E-state index >= 15 is 0 Å². The Balaban J connectivity index is 1.69. The Morgan fingerprint density at radius 3 is 2.32 bits per heavy atom. The topological polar surface area (TPSA) is 69.7 Å². The maximum absolute atomic E-state index is 13.3. The zero-order chi connectivity index (χ0) is 22.3. The molecule has 0 aliphatic carbocycles. The van der Waals surface area contributed by atoms with Gasteiger partial charge in [-0.2, -0.15) is 0 Å². The summed E-state index contributed by atoms with van der Waals surface area (Å²) in [5, 5.41) is 2.93. The van der Waals surface area contributed by atoms with E-state index < -0.39 is 10.0 Å². The second-order valence-corrected chi connectivity index (χ2v) is 10.1. The molecule has 6 nitrogen and oxygen atoms in total. The fourth-order valence-electron chi connectivity index (χ4n) is 3.89. The van der Waals surface area contributed by atoms with Gasteiger partial charge in [-0.1, -0.05) is 37.3 Å². The summed E-state index contributed by atoms with van der Waals surface area (Å²) in [5.41, 5.74) is 1.61. The summed E-state index contributed by atoms with van der Waals surface area (Å²) < 4.78 is 27.8. The first kappa shape index (κ1) is 23.3. The first-order valence-electron chi connectivity index (χ1n) is 11.0. The van der Waals surface area contributed by atoms with Crippen LogP contribution in [0.4, 0.5) is 5.69 Å². The fraction of sp³-hybridized carbons (Fsp3) is 0.458. The molecular weight excluding hydrogens is 410 g/mol. The summed E-state index contributed by atoms with van der Waals surface area (Å²) in [6, 6.07) is 15.6. The van der Waals surface area contributed by atoms with Crippen LogP contribution in [0.15, 0.2) is 59.5 Å².